The molecular formula is C17H25Cl4FN2. The average molecular weight is 418 g/mol. The maximum Gasteiger partial charge on any atom is 0.129 e. The van der Waals surface area contributed by atoms with Gasteiger partial charge in [0.1, 0.15) is 5.82 Å². The molecule has 0 bridgehead atoms. The summed E-state index contributed by atoms with van der Waals surface area (Å²) in [5, 5.41) is 4.22. The quantitative estimate of drug-likeness (QED) is 0.652. The second kappa shape index (κ2) is 10.4. The van der Waals surface area contributed by atoms with E-state index in [2.05, 4.69) is 10.2 Å². The minimum Gasteiger partial charge on any atom is -0.314 e. The van der Waals surface area contributed by atoms with Crippen LogP contribution in [0.3, 0.4) is 0 Å². The minimum atomic E-state index is -0.219. The second-order valence-corrected chi connectivity index (χ2v) is 7.17. The Morgan fingerprint density at radius 2 is 1.67 bits per heavy atom. The van der Waals surface area contributed by atoms with E-state index in [-0.39, 0.29) is 36.7 Å². The Hall–Kier alpha value is 0.230. The standard InChI is InChI=1S/C17H23Cl2FN2.2ClH/c18-13-6-7-14(20)15(16(13)19)17(12-4-2-1-3-5-12)22-10-8-21-9-11-22;;/h6-7,12,17,21H,1-5,8-11H2;2*1H/t17-;;/m1../s1. The van der Waals surface area contributed by atoms with Crippen molar-refractivity contribution in [1.82, 2.24) is 10.2 Å². The Bertz CT molecular complexity index is 500. The van der Waals surface area contributed by atoms with Crippen molar-refractivity contribution in [2.45, 2.75) is 38.1 Å². The summed E-state index contributed by atoms with van der Waals surface area (Å²) in [5.74, 6) is 0.251. The zero-order chi connectivity index (χ0) is 15.5. The van der Waals surface area contributed by atoms with Crippen LogP contribution in [0.1, 0.15) is 43.7 Å². The van der Waals surface area contributed by atoms with Gasteiger partial charge < -0.3 is 5.32 Å². The van der Waals surface area contributed by atoms with E-state index in [0.717, 1.165) is 39.0 Å². The monoisotopic (exact) mass is 416 g/mol. The van der Waals surface area contributed by atoms with Crippen LogP contribution in [0.5, 0.6) is 0 Å². The first-order valence-corrected chi connectivity index (χ1v) is 9.02. The Labute approximate surface area is 166 Å². The van der Waals surface area contributed by atoms with E-state index in [4.69, 9.17) is 23.2 Å². The van der Waals surface area contributed by atoms with Crippen molar-refractivity contribution in [2.75, 3.05) is 26.2 Å². The number of halogens is 5. The van der Waals surface area contributed by atoms with Crippen molar-refractivity contribution in [2.24, 2.45) is 5.92 Å². The second-order valence-electron chi connectivity index (χ2n) is 6.39. The van der Waals surface area contributed by atoms with Crippen LogP contribution < -0.4 is 5.32 Å². The topological polar surface area (TPSA) is 15.3 Å². The minimum absolute atomic E-state index is 0. The summed E-state index contributed by atoms with van der Waals surface area (Å²) in [7, 11) is 0. The fourth-order valence-electron chi connectivity index (χ4n) is 3.94. The van der Waals surface area contributed by atoms with E-state index in [1.807, 2.05) is 0 Å². The molecule has 1 saturated carbocycles. The third kappa shape index (κ3) is 4.90. The summed E-state index contributed by atoms with van der Waals surface area (Å²) < 4.78 is 14.6. The molecule has 0 radical (unpaired) electrons. The van der Waals surface area contributed by atoms with Gasteiger partial charge >= 0.3 is 0 Å². The molecule has 1 N–H and O–H groups in total. The van der Waals surface area contributed by atoms with E-state index in [0.29, 0.717) is 21.5 Å². The molecule has 3 rings (SSSR count). The van der Waals surface area contributed by atoms with Crippen LogP contribution >= 0.6 is 48.0 Å². The summed E-state index contributed by atoms with van der Waals surface area (Å²) in [6.45, 7) is 3.76. The zero-order valence-corrected chi connectivity index (χ0v) is 16.7. The smallest absolute Gasteiger partial charge is 0.129 e. The molecule has 0 aromatic heterocycles. The SMILES string of the molecule is Cl.Cl.Fc1ccc(Cl)c(Cl)c1[C@@H](C1CCCCC1)N1CCNCC1. The lowest BCUT2D eigenvalue weighted by atomic mass is 9.80. The van der Waals surface area contributed by atoms with Crippen LogP contribution in [0, 0.1) is 11.7 Å². The third-order valence-electron chi connectivity index (χ3n) is 5.02. The highest BCUT2D eigenvalue weighted by Crippen LogP contribution is 2.43. The normalized spacial score (nSPS) is 20.8. The van der Waals surface area contributed by atoms with E-state index < -0.39 is 0 Å². The molecule has 0 amide bonds. The van der Waals surface area contributed by atoms with Gasteiger partial charge in [0.2, 0.25) is 0 Å². The molecule has 2 aliphatic rings. The first kappa shape index (κ1) is 22.3. The summed E-state index contributed by atoms with van der Waals surface area (Å²) in [6, 6.07) is 3.06. The van der Waals surface area contributed by atoms with Crippen LogP contribution in [0.25, 0.3) is 0 Å². The van der Waals surface area contributed by atoms with Crippen molar-refractivity contribution in [3.8, 4) is 0 Å². The number of hydrogen-bond acceptors (Lipinski definition) is 2. The molecule has 1 aromatic rings. The molecular weight excluding hydrogens is 393 g/mol. The number of piperazine rings is 1. The molecule has 1 saturated heterocycles. The molecule has 1 aliphatic heterocycles. The van der Waals surface area contributed by atoms with Crippen LogP contribution in [-0.4, -0.2) is 31.1 Å². The Kier molecular flexibility index (Phi) is 9.65. The van der Waals surface area contributed by atoms with Crippen molar-refractivity contribution >= 4 is 48.0 Å². The lowest BCUT2D eigenvalue weighted by Crippen LogP contribution is -2.47. The van der Waals surface area contributed by atoms with Crippen LogP contribution in [0.15, 0.2) is 12.1 Å². The van der Waals surface area contributed by atoms with Crippen molar-refractivity contribution in [3.63, 3.8) is 0 Å². The van der Waals surface area contributed by atoms with Gasteiger partial charge in [0.15, 0.2) is 0 Å². The Balaban J connectivity index is 0.00000144. The summed E-state index contributed by atoms with van der Waals surface area (Å²) in [5.41, 5.74) is 0.614. The molecule has 0 unspecified atom stereocenters. The molecule has 1 aliphatic carbocycles. The highest BCUT2D eigenvalue weighted by Gasteiger charge is 2.34. The van der Waals surface area contributed by atoms with Crippen molar-refractivity contribution < 1.29 is 4.39 Å². The zero-order valence-electron chi connectivity index (χ0n) is 13.6. The van der Waals surface area contributed by atoms with Crippen LogP contribution in [0.2, 0.25) is 10.0 Å². The molecule has 1 atom stereocenters. The number of hydrogen-bond donors (Lipinski definition) is 1. The van der Waals surface area contributed by atoms with E-state index in [1.165, 1.54) is 25.3 Å². The van der Waals surface area contributed by atoms with Gasteiger partial charge in [0.05, 0.1) is 10.0 Å². The number of rotatable bonds is 3. The predicted octanol–water partition coefficient (Wildman–Crippen LogP) is 5.50. The Morgan fingerprint density at radius 3 is 2.29 bits per heavy atom. The first-order valence-electron chi connectivity index (χ1n) is 8.26. The van der Waals surface area contributed by atoms with Crippen LogP contribution in [0.4, 0.5) is 4.39 Å². The summed E-state index contributed by atoms with van der Waals surface area (Å²) in [6.07, 6.45) is 6.05. The van der Waals surface area contributed by atoms with Gasteiger partial charge in [-0.05, 0) is 30.9 Å². The molecule has 2 nitrogen and oxygen atoms in total. The lowest BCUT2D eigenvalue weighted by Gasteiger charge is -2.41. The first-order chi connectivity index (χ1) is 10.7. The van der Waals surface area contributed by atoms with E-state index in [1.54, 1.807) is 6.07 Å². The van der Waals surface area contributed by atoms with E-state index in [9.17, 15) is 4.39 Å². The number of benzene rings is 1. The highest BCUT2D eigenvalue weighted by molar-refractivity contribution is 6.42. The molecule has 138 valence electrons. The van der Waals surface area contributed by atoms with Gasteiger partial charge in [-0.2, -0.15) is 0 Å². The average Bonchev–Trinajstić information content (AvgIpc) is 2.57. The number of nitrogens with one attached hydrogen (secondary N) is 1. The third-order valence-corrected chi connectivity index (χ3v) is 5.84. The molecule has 2 fully saturated rings. The van der Waals surface area contributed by atoms with Gasteiger partial charge in [-0.25, -0.2) is 4.39 Å². The molecule has 1 heterocycles. The van der Waals surface area contributed by atoms with Gasteiger partial charge in [-0.15, -0.1) is 24.8 Å². The van der Waals surface area contributed by atoms with E-state index >= 15 is 0 Å². The van der Waals surface area contributed by atoms with Crippen molar-refractivity contribution in [3.05, 3.63) is 33.6 Å². The van der Waals surface area contributed by atoms with Gasteiger partial charge in [0.25, 0.3) is 0 Å². The fraction of sp³-hybridized carbons (Fsp3) is 0.647. The van der Waals surface area contributed by atoms with Gasteiger partial charge in [-0.3, -0.25) is 4.90 Å². The summed E-state index contributed by atoms with van der Waals surface area (Å²) >= 11 is 12.6. The highest BCUT2D eigenvalue weighted by atomic mass is 35.5. The number of nitrogens with zero attached hydrogens (tertiary/aromatic N) is 1. The molecule has 7 heteroatoms. The van der Waals surface area contributed by atoms with Crippen molar-refractivity contribution in [1.29, 1.82) is 0 Å². The fourth-order valence-corrected chi connectivity index (χ4v) is 4.37. The van der Waals surface area contributed by atoms with Crippen LogP contribution in [-0.2, 0) is 0 Å². The van der Waals surface area contributed by atoms with Gasteiger partial charge in [-0.1, -0.05) is 42.5 Å². The Morgan fingerprint density at radius 1 is 1.04 bits per heavy atom. The lowest BCUT2D eigenvalue weighted by molar-refractivity contribution is 0.101. The largest absolute Gasteiger partial charge is 0.314 e. The maximum absolute atomic E-state index is 14.6. The predicted molar refractivity (Wildman–Crippen MR) is 105 cm³/mol. The maximum atomic E-state index is 14.6. The van der Waals surface area contributed by atoms with Gasteiger partial charge in [0, 0.05) is 37.8 Å². The molecule has 24 heavy (non-hydrogen) atoms. The molecule has 0 spiro atoms. The molecule has 1 aromatic carbocycles. The summed E-state index contributed by atoms with van der Waals surface area (Å²) in [4.78, 5) is 2.40.